The molecule has 106 valence electrons. The molecule has 8 heteroatoms. The van der Waals surface area contributed by atoms with E-state index in [9.17, 15) is 18.0 Å². The Kier molecular flexibility index (Phi) is 4.94. The quantitative estimate of drug-likeness (QED) is 0.759. The second-order valence-electron chi connectivity index (χ2n) is 4.47. The van der Waals surface area contributed by atoms with Gasteiger partial charge >= 0.3 is 6.18 Å². The number of halogens is 3. The van der Waals surface area contributed by atoms with Gasteiger partial charge in [0, 0.05) is 6.54 Å². The molecule has 0 aromatic heterocycles. The third-order valence-electron chi connectivity index (χ3n) is 2.21. The van der Waals surface area contributed by atoms with Gasteiger partial charge in [0.1, 0.15) is 6.10 Å². The summed E-state index contributed by atoms with van der Waals surface area (Å²) in [5.74, 6) is -1.18. The van der Waals surface area contributed by atoms with E-state index in [0.717, 1.165) is 0 Å². The minimum Gasteiger partial charge on any atom is -0.352 e. The number of ether oxygens (including phenoxy) is 2. The van der Waals surface area contributed by atoms with E-state index in [0.29, 0.717) is 6.61 Å². The first-order valence-corrected chi connectivity index (χ1v) is 5.54. The molecule has 1 amide bonds. The van der Waals surface area contributed by atoms with Gasteiger partial charge in [-0.2, -0.15) is 13.2 Å². The first kappa shape index (κ1) is 15.2. The fourth-order valence-corrected chi connectivity index (χ4v) is 1.47. The molecule has 1 saturated heterocycles. The highest BCUT2D eigenvalue weighted by molar-refractivity contribution is 5.77. The van der Waals surface area contributed by atoms with E-state index >= 15 is 0 Å². The molecule has 5 nitrogen and oxygen atoms in total. The van der Waals surface area contributed by atoms with Crippen LogP contribution < -0.4 is 10.6 Å². The molecule has 1 rings (SSSR count). The largest absolute Gasteiger partial charge is 0.401 e. The van der Waals surface area contributed by atoms with Crippen LogP contribution in [0, 0.1) is 0 Å². The molecule has 1 unspecified atom stereocenters. The molecule has 0 spiro atoms. The molecule has 2 N–H and O–H groups in total. The number of carbonyl (C=O) groups excluding carboxylic acids is 1. The molecule has 0 bridgehead atoms. The third-order valence-corrected chi connectivity index (χ3v) is 2.21. The lowest BCUT2D eigenvalue weighted by Crippen LogP contribution is -2.41. The van der Waals surface area contributed by atoms with E-state index in [4.69, 9.17) is 9.47 Å². The van der Waals surface area contributed by atoms with Crippen LogP contribution >= 0.6 is 0 Å². The maximum Gasteiger partial charge on any atom is 0.401 e. The van der Waals surface area contributed by atoms with Crippen LogP contribution in [0.2, 0.25) is 0 Å². The predicted molar refractivity (Wildman–Crippen MR) is 56.8 cm³/mol. The fraction of sp³-hybridized carbons (Fsp3) is 0.900. The number of hydrogen-bond acceptors (Lipinski definition) is 4. The Labute approximate surface area is 103 Å². The SMILES string of the molecule is CC1(C)OCC(CNC(=O)CNCC(F)(F)F)O1. The maximum atomic E-state index is 11.8. The van der Waals surface area contributed by atoms with Crippen molar-refractivity contribution in [3.05, 3.63) is 0 Å². The Morgan fingerprint density at radius 2 is 2.11 bits per heavy atom. The summed E-state index contributed by atoms with van der Waals surface area (Å²) in [5.41, 5.74) is 0. The van der Waals surface area contributed by atoms with Crippen molar-refractivity contribution in [2.75, 3.05) is 26.2 Å². The number of amides is 1. The fourth-order valence-electron chi connectivity index (χ4n) is 1.47. The molecular weight excluding hydrogens is 253 g/mol. The summed E-state index contributed by atoms with van der Waals surface area (Å²) in [6.45, 7) is 2.51. The van der Waals surface area contributed by atoms with E-state index < -0.39 is 24.4 Å². The summed E-state index contributed by atoms with van der Waals surface area (Å²) in [5, 5.41) is 4.48. The molecule has 18 heavy (non-hydrogen) atoms. The van der Waals surface area contributed by atoms with Gasteiger partial charge in [0.15, 0.2) is 5.79 Å². The maximum absolute atomic E-state index is 11.8. The lowest BCUT2D eigenvalue weighted by Gasteiger charge is -2.17. The van der Waals surface area contributed by atoms with Crippen LogP contribution in [-0.4, -0.2) is 50.2 Å². The molecular formula is C10H17F3N2O3. The first-order chi connectivity index (χ1) is 8.18. The highest BCUT2D eigenvalue weighted by Crippen LogP contribution is 2.21. The molecule has 0 radical (unpaired) electrons. The molecule has 1 aliphatic rings. The molecule has 0 aromatic rings. The predicted octanol–water partition coefficient (Wildman–Crippen LogP) is 0.406. The smallest absolute Gasteiger partial charge is 0.352 e. The van der Waals surface area contributed by atoms with Crippen LogP contribution in [0.3, 0.4) is 0 Å². The minimum absolute atomic E-state index is 0.218. The first-order valence-electron chi connectivity index (χ1n) is 5.54. The van der Waals surface area contributed by atoms with Crippen molar-refractivity contribution in [3.8, 4) is 0 Å². The Morgan fingerprint density at radius 3 is 2.61 bits per heavy atom. The Morgan fingerprint density at radius 1 is 1.44 bits per heavy atom. The van der Waals surface area contributed by atoms with Gasteiger partial charge < -0.3 is 20.1 Å². The number of carbonyl (C=O) groups is 1. The van der Waals surface area contributed by atoms with Gasteiger partial charge in [0.2, 0.25) is 5.91 Å². The number of hydrogen-bond donors (Lipinski definition) is 2. The van der Waals surface area contributed by atoms with Gasteiger partial charge in [-0.15, -0.1) is 0 Å². The zero-order chi connectivity index (χ0) is 13.8. The van der Waals surface area contributed by atoms with Gasteiger partial charge in [-0.3, -0.25) is 4.79 Å². The van der Waals surface area contributed by atoms with E-state index in [2.05, 4.69) is 5.32 Å². The van der Waals surface area contributed by atoms with Crippen LogP contribution in [0.5, 0.6) is 0 Å². The van der Waals surface area contributed by atoms with Crippen molar-refractivity contribution >= 4 is 5.91 Å². The van der Waals surface area contributed by atoms with E-state index in [1.54, 1.807) is 13.8 Å². The summed E-state index contributed by atoms with van der Waals surface area (Å²) in [4.78, 5) is 11.2. The standard InChI is InChI=1S/C10H17F3N2O3/c1-9(2)17-5-7(18-9)3-15-8(16)4-14-6-10(11,12)13/h7,14H,3-6H2,1-2H3,(H,15,16). The average molecular weight is 270 g/mol. The van der Waals surface area contributed by atoms with E-state index in [1.165, 1.54) is 0 Å². The Bertz CT molecular complexity index is 295. The average Bonchev–Trinajstić information content (AvgIpc) is 2.53. The molecule has 0 aliphatic carbocycles. The lowest BCUT2D eigenvalue weighted by molar-refractivity contribution is -0.139. The van der Waals surface area contributed by atoms with Gasteiger partial charge in [0.05, 0.1) is 19.7 Å². The van der Waals surface area contributed by atoms with Crippen molar-refractivity contribution < 1.29 is 27.4 Å². The van der Waals surface area contributed by atoms with Crippen LogP contribution in [0.1, 0.15) is 13.8 Å². The van der Waals surface area contributed by atoms with Crippen molar-refractivity contribution in [2.45, 2.75) is 31.9 Å². The normalized spacial score (nSPS) is 23.1. The zero-order valence-electron chi connectivity index (χ0n) is 10.3. The van der Waals surface area contributed by atoms with Crippen molar-refractivity contribution in [2.24, 2.45) is 0 Å². The van der Waals surface area contributed by atoms with Gasteiger partial charge in [-0.05, 0) is 13.8 Å². The second-order valence-corrected chi connectivity index (χ2v) is 4.47. The van der Waals surface area contributed by atoms with Crippen LogP contribution in [-0.2, 0) is 14.3 Å². The minimum atomic E-state index is -4.31. The topological polar surface area (TPSA) is 59.6 Å². The summed E-state index contributed by atoms with van der Waals surface area (Å²) < 4.78 is 46.1. The van der Waals surface area contributed by atoms with E-state index in [-0.39, 0.29) is 19.2 Å². The summed E-state index contributed by atoms with van der Waals surface area (Å²) in [7, 11) is 0. The van der Waals surface area contributed by atoms with Crippen molar-refractivity contribution in [1.29, 1.82) is 0 Å². The van der Waals surface area contributed by atoms with Crippen molar-refractivity contribution in [3.63, 3.8) is 0 Å². The van der Waals surface area contributed by atoms with Gasteiger partial charge in [-0.1, -0.05) is 0 Å². The van der Waals surface area contributed by atoms with E-state index in [1.807, 2.05) is 5.32 Å². The highest BCUT2D eigenvalue weighted by atomic mass is 19.4. The zero-order valence-corrected chi connectivity index (χ0v) is 10.3. The molecule has 1 fully saturated rings. The third kappa shape index (κ3) is 6.18. The van der Waals surface area contributed by atoms with Gasteiger partial charge in [-0.25, -0.2) is 0 Å². The summed E-state index contributed by atoms with van der Waals surface area (Å²) in [6, 6.07) is 0. The summed E-state index contributed by atoms with van der Waals surface area (Å²) >= 11 is 0. The summed E-state index contributed by atoms with van der Waals surface area (Å²) in [6.07, 6.45) is -4.58. The van der Waals surface area contributed by atoms with Crippen LogP contribution in [0.25, 0.3) is 0 Å². The lowest BCUT2D eigenvalue weighted by atomic mass is 10.3. The molecule has 1 atom stereocenters. The molecule has 0 aromatic carbocycles. The molecule has 0 saturated carbocycles. The van der Waals surface area contributed by atoms with Crippen LogP contribution in [0.4, 0.5) is 13.2 Å². The molecule has 1 aliphatic heterocycles. The van der Waals surface area contributed by atoms with Crippen LogP contribution in [0.15, 0.2) is 0 Å². The van der Waals surface area contributed by atoms with Crippen molar-refractivity contribution in [1.82, 2.24) is 10.6 Å². The number of rotatable bonds is 5. The second kappa shape index (κ2) is 5.85. The Balaban J connectivity index is 2.11. The highest BCUT2D eigenvalue weighted by Gasteiger charge is 2.32. The molecule has 1 heterocycles. The Hall–Kier alpha value is -0.860. The van der Waals surface area contributed by atoms with Gasteiger partial charge in [0.25, 0.3) is 0 Å². The number of nitrogens with one attached hydrogen (secondary N) is 2. The number of alkyl halides is 3. The monoisotopic (exact) mass is 270 g/mol.